The Bertz CT molecular complexity index is 700. The van der Waals surface area contributed by atoms with Gasteiger partial charge in [0.25, 0.3) is 0 Å². The van der Waals surface area contributed by atoms with E-state index in [0.29, 0.717) is 5.56 Å². The minimum atomic E-state index is -3.71. The number of pyridine rings is 1. The molecule has 0 bridgehead atoms. The normalized spacial score (nSPS) is 12.9. The molecule has 3 N–H and O–H groups in total. The first-order valence-electron chi connectivity index (χ1n) is 6.18. The Hall–Kier alpha value is -1.92. The summed E-state index contributed by atoms with van der Waals surface area (Å²) in [6.07, 6.45) is 3.45. The van der Waals surface area contributed by atoms with E-state index in [9.17, 15) is 8.42 Å². The molecule has 1 atom stereocenters. The van der Waals surface area contributed by atoms with Crippen molar-refractivity contribution >= 4 is 15.7 Å². The largest absolute Gasteiger partial charge is 0.378 e. The van der Waals surface area contributed by atoms with Crippen LogP contribution in [0.1, 0.15) is 24.1 Å². The van der Waals surface area contributed by atoms with Gasteiger partial charge in [0.05, 0.1) is 4.90 Å². The number of nitrogens with two attached hydrogens (primary N) is 1. The highest BCUT2D eigenvalue weighted by atomic mass is 32.2. The number of rotatable bonds is 4. The average Bonchev–Trinajstić information content (AvgIpc) is 2.40. The zero-order valence-corrected chi connectivity index (χ0v) is 12.2. The van der Waals surface area contributed by atoms with Gasteiger partial charge in [0.2, 0.25) is 10.0 Å². The number of anilines is 1. The molecule has 0 fully saturated rings. The highest BCUT2D eigenvalue weighted by Gasteiger charge is 2.15. The van der Waals surface area contributed by atoms with E-state index in [1.807, 2.05) is 25.1 Å². The van der Waals surface area contributed by atoms with Crippen LogP contribution in [0.2, 0.25) is 0 Å². The molecule has 1 heterocycles. The van der Waals surface area contributed by atoms with Crippen molar-refractivity contribution in [3.05, 3.63) is 53.9 Å². The van der Waals surface area contributed by atoms with Crippen molar-refractivity contribution in [2.75, 3.05) is 5.32 Å². The van der Waals surface area contributed by atoms with E-state index in [0.717, 1.165) is 11.3 Å². The number of sulfonamides is 1. The number of nitrogens with zero attached hydrogens (tertiary/aromatic N) is 1. The zero-order valence-electron chi connectivity index (χ0n) is 11.4. The van der Waals surface area contributed by atoms with E-state index in [4.69, 9.17) is 5.14 Å². The van der Waals surface area contributed by atoms with Gasteiger partial charge in [-0.15, -0.1) is 0 Å². The predicted molar refractivity (Wildman–Crippen MR) is 78.8 cm³/mol. The summed E-state index contributed by atoms with van der Waals surface area (Å²) in [4.78, 5) is 4.12. The van der Waals surface area contributed by atoms with Crippen LogP contribution in [-0.4, -0.2) is 13.4 Å². The Morgan fingerprint density at radius 3 is 2.45 bits per heavy atom. The highest BCUT2D eigenvalue weighted by molar-refractivity contribution is 7.89. The van der Waals surface area contributed by atoms with Gasteiger partial charge in [-0.25, -0.2) is 13.6 Å². The maximum Gasteiger partial charge on any atom is 0.238 e. The number of hydrogen-bond donors (Lipinski definition) is 2. The molecule has 0 amide bonds. The van der Waals surface area contributed by atoms with Gasteiger partial charge in [-0.05, 0) is 49.2 Å². The third-order valence-corrected chi connectivity index (χ3v) is 4.22. The first kappa shape index (κ1) is 14.5. The van der Waals surface area contributed by atoms with Gasteiger partial charge in [0.1, 0.15) is 0 Å². The van der Waals surface area contributed by atoms with E-state index in [1.165, 1.54) is 6.07 Å². The molecule has 0 aliphatic heterocycles. The molecular weight excluding hydrogens is 274 g/mol. The Morgan fingerprint density at radius 1 is 1.20 bits per heavy atom. The minimum Gasteiger partial charge on any atom is -0.378 e. The monoisotopic (exact) mass is 291 g/mol. The molecule has 1 unspecified atom stereocenters. The van der Waals surface area contributed by atoms with E-state index in [1.54, 1.807) is 25.4 Å². The van der Waals surface area contributed by atoms with Gasteiger partial charge in [-0.2, -0.15) is 0 Å². The van der Waals surface area contributed by atoms with Crippen molar-refractivity contribution in [3.63, 3.8) is 0 Å². The molecule has 0 radical (unpaired) electrons. The van der Waals surface area contributed by atoms with Crippen LogP contribution < -0.4 is 10.5 Å². The second-order valence-corrected chi connectivity index (χ2v) is 6.15. The summed E-state index contributed by atoms with van der Waals surface area (Å²) < 4.78 is 23.0. The molecule has 0 aliphatic carbocycles. The number of benzene rings is 1. The van der Waals surface area contributed by atoms with Crippen LogP contribution >= 0.6 is 0 Å². The van der Waals surface area contributed by atoms with E-state index >= 15 is 0 Å². The smallest absolute Gasteiger partial charge is 0.238 e. The maximum atomic E-state index is 11.5. The van der Waals surface area contributed by atoms with Crippen molar-refractivity contribution in [1.29, 1.82) is 0 Å². The van der Waals surface area contributed by atoms with Crippen LogP contribution in [0.5, 0.6) is 0 Å². The molecule has 0 aliphatic rings. The standard InChI is InChI=1S/C14H17N3O2S/c1-10-13(4-3-5-14(10)20(15,18)19)17-11(2)12-6-8-16-9-7-12/h3-9,11,17H,1-2H3,(H2,15,18,19). The van der Waals surface area contributed by atoms with E-state index < -0.39 is 10.0 Å². The topological polar surface area (TPSA) is 85.1 Å². The van der Waals surface area contributed by atoms with Crippen molar-refractivity contribution in [3.8, 4) is 0 Å². The van der Waals surface area contributed by atoms with Gasteiger partial charge < -0.3 is 5.32 Å². The fraction of sp³-hybridized carbons (Fsp3) is 0.214. The molecular formula is C14H17N3O2S. The highest BCUT2D eigenvalue weighted by Crippen LogP contribution is 2.25. The summed E-state index contributed by atoms with van der Waals surface area (Å²) in [5.74, 6) is 0. The second kappa shape index (κ2) is 5.60. The van der Waals surface area contributed by atoms with Crippen LogP contribution in [0.15, 0.2) is 47.6 Å². The van der Waals surface area contributed by atoms with Gasteiger partial charge >= 0.3 is 0 Å². The van der Waals surface area contributed by atoms with Gasteiger partial charge in [-0.1, -0.05) is 6.07 Å². The van der Waals surface area contributed by atoms with Crippen LogP contribution in [0, 0.1) is 6.92 Å². The van der Waals surface area contributed by atoms with Crippen molar-refractivity contribution in [2.24, 2.45) is 5.14 Å². The Morgan fingerprint density at radius 2 is 1.85 bits per heavy atom. The lowest BCUT2D eigenvalue weighted by molar-refractivity contribution is 0.597. The summed E-state index contributed by atoms with van der Waals surface area (Å²) in [5, 5.41) is 8.50. The van der Waals surface area contributed by atoms with Crippen LogP contribution in [0.25, 0.3) is 0 Å². The van der Waals surface area contributed by atoms with Gasteiger partial charge in [-0.3, -0.25) is 4.98 Å². The predicted octanol–water partition coefficient (Wildman–Crippen LogP) is 2.21. The third-order valence-electron chi connectivity index (χ3n) is 3.17. The fourth-order valence-electron chi connectivity index (χ4n) is 2.05. The third kappa shape index (κ3) is 3.15. The first-order valence-corrected chi connectivity index (χ1v) is 7.73. The lowest BCUT2D eigenvalue weighted by Gasteiger charge is -2.18. The number of primary sulfonamides is 1. The number of aromatic nitrogens is 1. The van der Waals surface area contributed by atoms with Crippen molar-refractivity contribution in [1.82, 2.24) is 4.98 Å². The van der Waals surface area contributed by atoms with Crippen molar-refractivity contribution < 1.29 is 8.42 Å². The summed E-state index contributed by atoms with van der Waals surface area (Å²) >= 11 is 0. The molecule has 0 saturated carbocycles. The average molecular weight is 291 g/mol. The Kier molecular flexibility index (Phi) is 4.06. The lowest BCUT2D eigenvalue weighted by atomic mass is 10.1. The molecule has 5 nitrogen and oxygen atoms in total. The molecule has 0 spiro atoms. The Balaban J connectivity index is 2.31. The molecule has 0 saturated heterocycles. The van der Waals surface area contributed by atoms with Gasteiger partial charge in [0.15, 0.2) is 0 Å². The molecule has 1 aromatic heterocycles. The number of hydrogen-bond acceptors (Lipinski definition) is 4. The van der Waals surface area contributed by atoms with Crippen LogP contribution in [0.3, 0.4) is 0 Å². The lowest BCUT2D eigenvalue weighted by Crippen LogP contribution is -2.15. The van der Waals surface area contributed by atoms with Crippen LogP contribution in [0.4, 0.5) is 5.69 Å². The summed E-state index contributed by atoms with van der Waals surface area (Å²) in [6, 6.07) is 8.88. The number of nitrogens with one attached hydrogen (secondary N) is 1. The SMILES string of the molecule is Cc1c(NC(C)c2ccncc2)cccc1S(N)(=O)=O. The van der Waals surface area contributed by atoms with E-state index in [-0.39, 0.29) is 10.9 Å². The summed E-state index contributed by atoms with van der Waals surface area (Å²) in [7, 11) is -3.71. The molecule has 6 heteroatoms. The zero-order chi connectivity index (χ0) is 14.8. The molecule has 2 rings (SSSR count). The molecule has 106 valence electrons. The Labute approximate surface area is 118 Å². The molecule has 2 aromatic rings. The molecule has 20 heavy (non-hydrogen) atoms. The summed E-state index contributed by atoms with van der Waals surface area (Å²) in [6.45, 7) is 3.74. The second-order valence-electron chi connectivity index (χ2n) is 4.62. The maximum absolute atomic E-state index is 11.5. The van der Waals surface area contributed by atoms with Crippen LogP contribution in [-0.2, 0) is 10.0 Å². The van der Waals surface area contributed by atoms with E-state index in [2.05, 4.69) is 10.3 Å². The fourth-order valence-corrected chi connectivity index (χ4v) is 2.85. The van der Waals surface area contributed by atoms with Gasteiger partial charge in [0, 0.05) is 24.1 Å². The first-order chi connectivity index (χ1) is 9.39. The summed E-state index contributed by atoms with van der Waals surface area (Å²) in [5.41, 5.74) is 2.44. The quantitative estimate of drug-likeness (QED) is 0.904. The minimum absolute atomic E-state index is 0.0347. The van der Waals surface area contributed by atoms with Crippen molar-refractivity contribution in [2.45, 2.75) is 24.8 Å². The molecule has 1 aromatic carbocycles.